The number of rotatable bonds is 4. The molecule has 6 heteroatoms. The van der Waals surface area contributed by atoms with Crippen LogP contribution in [-0.2, 0) is 9.59 Å². The number of likely N-dealkylation sites (N-methyl/N-ethyl adjacent to an activating group) is 1. The fourth-order valence-corrected chi connectivity index (χ4v) is 2.71. The van der Waals surface area contributed by atoms with Gasteiger partial charge in [0, 0.05) is 36.9 Å². The van der Waals surface area contributed by atoms with Crippen LogP contribution in [0, 0.1) is 5.41 Å². The average molecular weight is 338 g/mol. The molecule has 2 rings (SSSR count). The van der Waals surface area contributed by atoms with Gasteiger partial charge in [0.25, 0.3) is 0 Å². The van der Waals surface area contributed by atoms with Crippen LogP contribution in [0.1, 0.15) is 20.8 Å². The molecular formula is C17H24ClN3O2. The summed E-state index contributed by atoms with van der Waals surface area (Å²) in [6, 6.07) is 6.85. The Morgan fingerprint density at radius 3 is 2.22 bits per heavy atom. The topological polar surface area (TPSA) is 52.7 Å². The Morgan fingerprint density at radius 1 is 1.13 bits per heavy atom. The molecule has 0 radical (unpaired) electrons. The van der Waals surface area contributed by atoms with Crippen LogP contribution in [-0.4, -0.2) is 54.3 Å². The third-order valence-corrected chi connectivity index (χ3v) is 4.56. The van der Waals surface area contributed by atoms with Crippen molar-refractivity contribution in [1.82, 2.24) is 9.80 Å². The standard InChI is InChI=1S/C17H24ClN3O2/c1-4-20-9-11-21(12-10-20)16(23)17(2,3)15(22)19-14-7-5-13(18)6-8-14/h5-8H,4,9-12H2,1-3H3,(H,19,22). The minimum atomic E-state index is -1.10. The lowest BCUT2D eigenvalue weighted by Gasteiger charge is -2.37. The molecule has 1 heterocycles. The molecule has 1 fully saturated rings. The normalized spacial score (nSPS) is 16.3. The quantitative estimate of drug-likeness (QED) is 0.859. The first-order valence-electron chi connectivity index (χ1n) is 7.93. The third kappa shape index (κ3) is 4.24. The Bertz CT molecular complexity index is 564. The summed E-state index contributed by atoms with van der Waals surface area (Å²) < 4.78 is 0. The highest BCUT2D eigenvalue weighted by atomic mass is 35.5. The summed E-state index contributed by atoms with van der Waals surface area (Å²) in [5, 5.41) is 3.40. The number of carbonyl (C=O) groups is 2. The lowest BCUT2D eigenvalue weighted by atomic mass is 9.89. The van der Waals surface area contributed by atoms with Gasteiger partial charge < -0.3 is 15.1 Å². The number of hydrogen-bond donors (Lipinski definition) is 1. The number of hydrogen-bond acceptors (Lipinski definition) is 3. The summed E-state index contributed by atoms with van der Waals surface area (Å²) in [5.74, 6) is -0.428. The Morgan fingerprint density at radius 2 is 1.70 bits per heavy atom. The molecule has 0 aromatic heterocycles. The van der Waals surface area contributed by atoms with E-state index in [2.05, 4.69) is 17.1 Å². The van der Waals surface area contributed by atoms with Gasteiger partial charge in [-0.25, -0.2) is 0 Å². The maximum Gasteiger partial charge on any atom is 0.239 e. The molecule has 1 aliphatic rings. The zero-order valence-corrected chi connectivity index (χ0v) is 14.7. The van der Waals surface area contributed by atoms with Crippen molar-refractivity contribution in [1.29, 1.82) is 0 Å². The van der Waals surface area contributed by atoms with Gasteiger partial charge in [-0.3, -0.25) is 9.59 Å². The zero-order chi connectivity index (χ0) is 17.0. The fraction of sp³-hybridized carbons (Fsp3) is 0.529. The third-order valence-electron chi connectivity index (χ3n) is 4.31. The second-order valence-electron chi connectivity index (χ2n) is 6.31. The van der Waals surface area contributed by atoms with E-state index in [4.69, 9.17) is 11.6 Å². The van der Waals surface area contributed by atoms with Gasteiger partial charge in [-0.2, -0.15) is 0 Å². The van der Waals surface area contributed by atoms with Gasteiger partial charge in [-0.15, -0.1) is 0 Å². The molecule has 23 heavy (non-hydrogen) atoms. The van der Waals surface area contributed by atoms with Crippen LogP contribution in [0.5, 0.6) is 0 Å². The van der Waals surface area contributed by atoms with E-state index in [1.54, 1.807) is 43.0 Å². The smallest absolute Gasteiger partial charge is 0.239 e. The first-order chi connectivity index (χ1) is 10.8. The Kier molecular flexibility index (Phi) is 5.65. The highest BCUT2D eigenvalue weighted by Gasteiger charge is 2.39. The van der Waals surface area contributed by atoms with Crippen molar-refractivity contribution in [3.05, 3.63) is 29.3 Å². The van der Waals surface area contributed by atoms with E-state index in [1.165, 1.54) is 0 Å². The number of nitrogens with one attached hydrogen (secondary N) is 1. The van der Waals surface area contributed by atoms with Crippen molar-refractivity contribution in [2.45, 2.75) is 20.8 Å². The van der Waals surface area contributed by atoms with Crippen molar-refractivity contribution < 1.29 is 9.59 Å². The van der Waals surface area contributed by atoms with E-state index >= 15 is 0 Å². The van der Waals surface area contributed by atoms with Crippen molar-refractivity contribution in [3.63, 3.8) is 0 Å². The molecule has 1 aromatic rings. The second kappa shape index (κ2) is 7.32. The van der Waals surface area contributed by atoms with Gasteiger partial charge >= 0.3 is 0 Å². The average Bonchev–Trinajstić information content (AvgIpc) is 2.56. The number of carbonyl (C=O) groups excluding carboxylic acids is 2. The second-order valence-corrected chi connectivity index (χ2v) is 6.75. The number of nitrogens with zero attached hydrogens (tertiary/aromatic N) is 2. The molecule has 0 atom stereocenters. The SMILES string of the molecule is CCN1CCN(C(=O)C(C)(C)C(=O)Nc2ccc(Cl)cc2)CC1. The minimum absolute atomic E-state index is 0.125. The van der Waals surface area contributed by atoms with E-state index in [0.29, 0.717) is 23.8 Å². The van der Waals surface area contributed by atoms with Gasteiger partial charge in [-0.1, -0.05) is 18.5 Å². The van der Waals surface area contributed by atoms with Crippen LogP contribution in [0.4, 0.5) is 5.69 Å². The Balaban J connectivity index is 2.00. The van der Waals surface area contributed by atoms with Gasteiger partial charge in [0.05, 0.1) is 0 Å². The van der Waals surface area contributed by atoms with E-state index in [1.807, 2.05) is 0 Å². The minimum Gasteiger partial charge on any atom is -0.339 e. The van der Waals surface area contributed by atoms with E-state index in [-0.39, 0.29) is 11.8 Å². The van der Waals surface area contributed by atoms with Gasteiger partial charge in [0.15, 0.2) is 0 Å². The molecule has 0 bridgehead atoms. The molecule has 0 unspecified atom stereocenters. The molecule has 1 N–H and O–H groups in total. The number of amides is 2. The molecule has 1 aliphatic heterocycles. The number of piperazine rings is 1. The summed E-state index contributed by atoms with van der Waals surface area (Å²) in [5.41, 5.74) is -0.468. The maximum absolute atomic E-state index is 12.7. The van der Waals surface area contributed by atoms with Crippen molar-refractivity contribution >= 4 is 29.1 Å². The van der Waals surface area contributed by atoms with Gasteiger partial charge in [0.2, 0.25) is 11.8 Å². The first-order valence-corrected chi connectivity index (χ1v) is 8.31. The van der Waals surface area contributed by atoms with E-state index in [9.17, 15) is 9.59 Å². The van der Waals surface area contributed by atoms with Crippen LogP contribution in [0.3, 0.4) is 0 Å². The number of anilines is 1. The van der Waals surface area contributed by atoms with Crippen molar-refractivity contribution in [3.8, 4) is 0 Å². The van der Waals surface area contributed by atoms with Crippen LogP contribution < -0.4 is 5.32 Å². The summed E-state index contributed by atoms with van der Waals surface area (Å²) in [4.78, 5) is 29.3. The predicted molar refractivity (Wildman–Crippen MR) is 92.6 cm³/mol. The number of benzene rings is 1. The van der Waals surface area contributed by atoms with Gasteiger partial charge in [-0.05, 0) is 44.7 Å². The lowest BCUT2D eigenvalue weighted by Crippen LogP contribution is -2.54. The highest BCUT2D eigenvalue weighted by molar-refractivity contribution is 6.30. The molecule has 0 spiro atoms. The maximum atomic E-state index is 12.7. The van der Waals surface area contributed by atoms with Crippen LogP contribution in [0.25, 0.3) is 0 Å². The van der Waals surface area contributed by atoms with Crippen molar-refractivity contribution in [2.75, 3.05) is 38.0 Å². The fourth-order valence-electron chi connectivity index (χ4n) is 2.58. The summed E-state index contributed by atoms with van der Waals surface area (Å²) in [6.07, 6.45) is 0. The van der Waals surface area contributed by atoms with Crippen LogP contribution in [0.2, 0.25) is 5.02 Å². The zero-order valence-electron chi connectivity index (χ0n) is 13.9. The summed E-state index contributed by atoms with van der Waals surface area (Å²) in [6.45, 7) is 9.51. The van der Waals surface area contributed by atoms with Gasteiger partial charge in [0.1, 0.15) is 5.41 Å². The summed E-state index contributed by atoms with van der Waals surface area (Å²) >= 11 is 5.84. The van der Waals surface area contributed by atoms with Crippen molar-refractivity contribution in [2.24, 2.45) is 5.41 Å². The molecule has 0 saturated carbocycles. The van der Waals surface area contributed by atoms with Crippen LogP contribution >= 0.6 is 11.6 Å². The van der Waals surface area contributed by atoms with E-state index < -0.39 is 5.41 Å². The lowest BCUT2D eigenvalue weighted by molar-refractivity contribution is -0.147. The highest BCUT2D eigenvalue weighted by Crippen LogP contribution is 2.23. The summed E-state index contributed by atoms with van der Waals surface area (Å²) in [7, 11) is 0. The number of halogens is 1. The molecular weight excluding hydrogens is 314 g/mol. The largest absolute Gasteiger partial charge is 0.339 e. The first kappa shape index (κ1) is 17.8. The molecule has 1 aromatic carbocycles. The Labute approximate surface area is 142 Å². The molecule has 0 aliphatic carbocycles. The molecule has 2 amide bonds. The predicted octanol–water partition coefficient (Wildman–Crippen LogP) is 2.47. The Hall–Kier alpha value is -1.59. The molecule has 126 valence electrons. The monoisotopic (exact) mass is 337 g/mol. The molecule has 5 nitrogen and oxygen atoms in total. The van der Waals surface area contributed by atoms with E-state index in [0.717, 1.165) is 19.6 Å². The molecule has 1 saturated heterocycles. The van der Waals surface area contributed by atoms with Crippen LogP contribution in [0.15, 0.2) is 24.3 Å².